The van der Waals surface area contributed by atoms with E-state index in [1.54, 1.807) is 11.8 Å². The standard InChI is InChI=1S/C19H27NO4S/c1-14(2)16(25-12-15-6-4-3-5-7-15)17(21)20-13-19(18(22)23)8-10-24-11-9-19/h3-7,14,16H,8-13H2,1-2H3,(H,20,21)(H,22,23). The minimum absolute atomic E-state index is 0.0805. The van der Waals surface area contributed by atoms with Crippen molar-refractivity contribution in [3.05, 3.63) is 35.9 Å². The third kappa shape index (κ3) is 5.47. The highest BCUT2D eigenvalue weighted by atomic mass is 32.2. The molecule has 5 nitrogen and oxygen atoms in total. The molecule has 1 heterocycles. The second-order valence-electron chi connectivity index (χ2n) is 6.88. The van der Waals surface area contributed by atoms with Gasteiger partial charge in [0.05, 0.1) is 10.7 Å². The van der Waals surface area contributed by atoms with Crippen molar-refractivity contribution in [2.45, 2.75) is 37.7 Å². The second-order valence-corrected chi connectivity index (χ2v) is 8.01. The Bertz CT molecular complexity index is 570. The number of amides is 1. The molecule has 1 amide bonds. The quantitative estimate of drug-likeness (QED) is 0.741. The Hall–Kier alpha value is -1.53. The van der Waals surface area contributed by atoms with Crippen LogP contribution in [0.5, 0.6) is 0 Å². The van der Waals surface area contributed by atoms with E-state index < -0.39 is 11.4 Å². The molecule has 1 atom stereocenters. The maximum atomic E-state index is 12.7. The molecule has 1 aliphatic heterocycles. The van der Waals surface area contributed by atoms with Crippen molar-refractivity contribution in [3.8, 4) is 0 Å². The number of aliphatic carboxylic acids is 1. The van der Waals surface area contributed by atoms with Crippen LogP contribution in [-0.4, -0.2) is 42.0 Å². The highest BCUT2D eigenvalue weighted by Gasteiger charge is 2.41. The number of hydrogen-bond acceptors (Lipinski definition) is 4. The minimum Gasteiger partial charge on any atom is -0.481 e. The molecule has 0 aromatic heterocycles. The van der Waals surface area contributed by atoms with Crippen LogP contribution in [0.4, 0.5) is 0 Å². The van der Waals surface area contributed by atoms with Gasteiger partial charge in [-0.05, 0) is 24.3 Å². The third-order valence-electron chi connectivity index (χ3n) is 4.64. The average molecular weight is 365 g/mol. The number of hydrogen-bond donors (Lipinski definition) is 2. The lowest BCUT2D eigenvalue weighted by molar-refractivity contribution is -0.154. The van der Waals surface area contributed by atoms with Crippen molar-refractivity contribution < 1.29 is 19.4 Å². The number of ether oxygens (including phenoxy) is 1. The molecule has 2 rings (SSSR count). The topological polar surface area (TPSA) is 75.6 Å². The van der Waals surface area contributed by atoms with Crippen molar-refractivity contribution in [2.24, 2.45) is 11.3 Å². The molecule has 0 saturated carbocycles. The zero-order valence-electron chi connectivity index (χ0n) is 14.9. The van der Waals surface area contributed by atoms with Crippen LogP contribution in [0.2, 0.25) is 0 Å². The molecule has 0 aliphatic carbocycles. The van der Waals surface area contributed by atoms with Crippen LogP contribution in [-0.2, 0) is 20.1 Å². The third-order valence-corrected chi connectivity index (χ3v) is 6.26. The number of rotatable bonds is 8. The fraction of sp³-hybridized carbons (Fsp3) is 0.579. The maximum absolute atomic E-state index is 12.7. The highest BCUT2D eigenvalue weighted by molar-refractivity contribution is 7.99. The van der Waals surface area contributed by atoms with Crippen LogP contribution in [0.3, 0.4) is 0 Å². The zero-order chi connectivity index (χ0) is 18.3. The van der Waals surface area contributed by atoms with Crippen LogP contribution in [0.15, 0.2) is 30.3 Å². The number of carbonyl (C=O) groups is 2. The molecule has 6 heteroatoms. The van der Waals surface area contributed by atoms with Crippen molar-refractivity contribution in [2.75, 3.05) is 19.8 Å². The summed E-state index contributed by atoms with van der Waals surface area (Å²) in [6, 6.07) is 10.0. The van der Waals surface area contributed by atoms with Gasteiger partial charge in [0.1, 0.15) is 0 Å². The average Bonchev–Trinajstić information content (AvgIpc) is 2.61. The van der Waals surface area contributed by atoms with E-state index in [1.807, 2.05) is 44.2 Å². The predicted molar refractivity (Wildman–Crippen MR) is 99.5 cm³/mol. The van der Waals surface area contributed by atoms with Crippen LogP contribution >= 0.6 is 11.8 Å². The van der Waals surface area contributed by atoms with Crippen molar-refractivity contribution >= 4 is 23.6 Å². The van der Waals surface area contributed by atoms with Gasteiger partial charge in [0, 0.05) is 25.5 Å². The summed E-state index contributed by atoms with van der Waals surface area (Å²) < 4.78 is 5.27. The van der Waals surface area contributed by atoms with E-state index in [4.69, 9.17) is 4.74 Å². The smallest absolute Gasteiger partial charge is 0.311 e. The Morgan fingerprint density at radius 1 is 1.24 bits per heavy atom. The molecule has 1 fully saturated rings. The van der Waals surface area contributed by atoms with E-state index in [0.717, 1.165) is 5.75 Å². The molecule has 2 N–H and O–H groups in total. The Balaban J connectivity index is 1.94. The van der Waals surface area contributed by atoms with E-state index in [0.29, 0.717) is 26.1 Å². The number of benzene rings is 1. The largest absolute Gasteiger partial charge is 0.481 e. The Kier molecular flexibility index (Phi) is 7.32. The Morgan fingerprint density at radius 3 is 2.44 bits per heavy atom. The maximum Gasteiger partial charge on any atom is 0.311 e. The second kappa shape index (κ2) is 9.25. The van der Waals surface area contributed by atoms with Crippen molar-refractivity contribution in [1.82, 2.24) is 5.32 Å². The molecule has 1 aromatic rings. The normalized spacial score (nSPS) is 17.9. The van der Waals surface area contributed by atoms with Crippen LogP contribution in [0.25, 0.3) is 0 Å². The highest BCUT2D eigenvalue weighted by Crippen LogP contribution is 2.31. The van der Waals surface area contributed by atoms with Gasteiger partial charge in [0.2, 0.25) is 5.91 Å². The van der Waals surface area contributed by atoms with Crippen LogP contribution in [0.1, 0.15) is 32.3 Å². The molecular weight excluding hydrogens is 338 g/mol. The molecular formula is C19H27NO4S. The fourth-order valence-electron chi connectivity index (χ4n) is 2.92. The van der Waals surface area contributed by atoms with Gasteiger partial charge in [-0.1, -0.05) is 44.2 Å². The SMILES string of the molecule is CC(C)C(SCc1ccccc1)C(=O)NCC1(C(=O)O)CCOCC1. The van der Waals surface area contributed by atoms with Crippen LogP contribution in [0, 0.1) is 11.3 Å². The lowest BCUT2D eigenvalue weighted by Gasteiger charge is -2.33. The number of carbonyl (C=O) groups excluding carboxylic acids is 1. The fourth-order valence-corrected chi connectivity index (χ4v) is 4.10. The van der Waals surface area contributed by atoms with Gasteiger partial charge < -0.3 is 15.2 Å². The number of carboxylic acids is 1. The van der Waals surface area contributed by atoms with E-state index >= 15 is 0 Å². The first-order chi connectivity index (χ1) is 11.9. The van der Waals surface area contributed by atoms with Gasteiger partial charge in [-0.15, -0.1) is 11.8 Å². The summed E-state index contributed by atoms with van der Waals surface area (Å²) in [4.78, 5) is 24.3. The lowest BCUT2D eigenvalue weighted by Crippen LogP contribution is -2.48. The molecule has 1 aromatic carbocycles. The lowest BCUT2D eigenvalue weighted by atomic mass is 9.80. The first kappa shape index (κ1) is 19.8. The van der Waals surface area contributed by atoms with E-state index in [1.165, 1.54) is 5.56 Å². The molecule has 0 spiro atoms. The molecule has 1 aliphatic rings. The van der Waals surface area contributed by atoms with Gasteiger partial charge in [-0.25, -0.2) is 0 Å². The van der Waals surface area contributed by atoms with E-state index in [2.05, 4.69) is 5.32 Å². The summed E-state index contributed by atoms with van der Waals surface area (Å²) in [5.74, 6) is -0.00368. The summed E-state index contributed by atoms with van der Waals surface area (Å²) >= 11 is 1.60. The van der Waals surface area contributed by atoms with E-state index in [-0.39, 0.29) is 23.6 Å². The summed E-state index contributed by atoms with van der Waals surface area (Å²) in [5.41, 5.74) is 0.275. The summed E-state index contributed by atoms with van der Waals surface area (Å²) in [7, 11) is 0. The first-order valence-electron chi connectivity index (χ1n) is 8.69. The van der Waals surface area contributed by atoms with Crippen LogP contribution < -0.4 is 5.32 Å². The predicted octanol–water partition coefficient (Wildman–Crippen LogP) is 2.94. The number of nitrogens with one attached hydrogen (secondary N) is 1. The first-order valence-corrected chi connectivity index (χ1v) is 9.74. The van der Waals surface area contributed by atoms with Gasteiger partial charge in [-0.2, -0.15) is 0 Å². The molecule has 1 unspecified atom stereocenters. The molecule has 25 heavy (non-hydrogen) atoms. The number of thioether (sulfide) groups is 1. The number of carboxylic acid groups (broad SMARTS) is 1. The van der Waals surface area contributed by atoms with Crippen molar-refractivity contribution in [3.63, 3.8) is 0 Å². The monoisotopic (exact) mass is 365 g/mol. The summed E-state index contributed by atoms with van der Waals surface area (Å²) in [6.07, 6.45) is 0.873. The zero-order valence-corrected chi connectivity index (χ0v) is 15.7. The molecule has 1 saturated heterocycles. The van der Waals surface area contributed by atoms with Gasteiger partial charge in [-0.3, -0.25) is 9.59 Å². The summed E-state index contributed by atoms with van der Waals surface area (Å²) in [5, 5.41) is 12.3. The van der Waals surface area contributed by atoms with Gasteiger partial charge >= 0.3 is 5.97 Å². The molecule has 138 valence electrons. The van der Waals surface area contributed by atoms with E-state index in [9.17, 15) is 14.7 Å². The van der Waals surface area contributed by atoms with Gasteiger partial charge in [0.15, 0.2) is 0 Å². The molecule has 0 radical (unpaired) electrons. The summed E-state index contributed by atoms with van der Waals surface area (Å²) in [6.45, 7) is 5.06. The minimum atomic E-state index is -0.903. The van der Waals surface area contributed by atoms with Gasteiger partial charge in [0.25, 0.3) is 0 Å². The Morgan fingerprint density at radius 2 is 1.88 bits per heavy atom. The van der Waals surface area contributed by atoms with Crippen molar-refractivity contribution in [1.29, 1.82) is 0 Å². The molecule has 0 bridgehead atoms. The Labute approximate surface area is 153 Å².